The van der Waals surface area contributed by atoms with Crippen molar-refractivity contribution in [1.29, 1.82) is 0 Å². The van der Waals surface area contributed by atoms with Crippen LogP contribution in [0.5, 0.6) is 0 Å². The van der Waals surface area contributed by atoms with Crippen molar-refractivity contribution in [2.45, 2.75) is 25.7 Å². The lowest BCUT2D eigenvalue weighted by Gasteiger charge is -2.34. The van der Waals surface area contributed by atoms with Crippen LogP contribution in [0.3, 0.4) is 0 Å². The topological polar surface area (TPSA) is 69.5 Å². The number of benzene rings is 1. The molecule has 2 atom stereocenters. The number of amides is 1. The Hall–Kier alpha value is -2.25. The molecule has 128 valence electrons. The van der Waals surface area contributed by atoms with Gasteiger partial charge in [-0.3, -0.25) is 4.79 Å². The van der Waals surface area contributed by atoms with Crippen LogP contribution in [-0.2, 0) is 20.8 Å². The third-order valence-electron chi connectivity index (χ3n) is 4.21. The van der Waals surface area contributed by atoms with Gasteiger partial charge in [0, 0.05) is 20.2 Å². The van der Waals surface area contributed by atoms with Gasteiger partial charge in [-0.25, -0.2) is 0 Å². The molecule has 1 amide bonds. The molecule has 7 nitrogen and oxygen atoms in total. The SMILES string of the molecule is CCn1cnnc1[C@@H]1CN(C(=O)[C@H](OC)c2ccccc2)CCO1. The van der Waals surface area contributed by atoms with Gasteiger partial charge < -0.3 is 18.9 Å². The second-order valence-corrected chi connectivity index (χ2v) is 5.65. The molecule has 0 bridgehead atoms. The Bertz CT molecular complexity index is 673. The van der Waals surface area contributed by atoms with Crippen molar-refractivity contribution in [2.24, 2.45) is 0 Å². The van der Waals surface area contributed by atoms with Crippen molar-refractivity contribution in [3.05, 3.63) is 48.0 Å². The number of nitrogens with zero attached hydrogens (tertiary/aromatic N) is 4. The zero-order chi connectivity index (χ0) is 16.9. The van der Waals surface area contributed by atoms with E-state index in [1.54, 1.807) is 18.3 Å². The van der Waals surface area contributed by atoms with Gasteiger partial charge in [0.15, 0.2) is 11.9 Å². The molecule has 1 fully saturated rings. The number of carbonyl (C=O) groups excluding carboxylic acids is 1. The number of morpholine rings is 1. The minimum Gasteiger partial charge on any atom is -0.367 e. The maximum Gasteiger partial charge on any atom is 0.256 e. The Labute approximate surface area is 141 Å². The van der Waals surface area contributed by atoms with Gasteiger partial charge in [-0.15, -0.1) is 10.2 Å². The lowest BCUT2D eigenvalue weighted by atomic mass is 10.1. The maximum absolute atomic E-state index is 12.9. The van der Waals surface area contributed by atoms with E-state index in [1.807, 2.05) is 41.8 Å². The summed E-state index contributed by atoms with van der Waals surface area (Å²) in [5, 5.41) is 8.09. The maximum atomic E-state index is 12.9. The van der Waals surface area contributed by atoms with E-state index in [0.29, 0.717) is 19.7 Å². The summed E-state index contributed by atoms with van der Waals surface area (Å²) in [6.07, 6.45) is 0.814. The van der Waals surface area contributed by atoms with Gasteiger partial charge in [0.25, 0.3) is 5.91 Å². The molecule has 1 saturated heterocycles. The Morgan fingerprint density at radius 1 is 1.42 bits per heavy atom. The van der Waals surface area contributed by atoms with Crippen LogP contribution in [0.2, 0.25) is 0 Å². The Balaban J connectivity index is 1.75. The summed E-state index contributed by atoms with van der Waals surface area (Å²) < 4.78 is 13.2. The van der Waals surface area contributed by atoms with Crippen molar-refractivity contribution >= 4 is 5.91 Å². The molecule has 7 heteroatoms. The van der Waals surface area contributed by atoms with Crippen LogP contribution < -0.4 is 0 Å². The van der Waals surface area contributed by atoms with Crippen molar-refractivity contribution in [1.82, 2.24) is 19.7 Å². The normalized spacial score (nSPS) is 19.2. The molecule has 2 aromatic rings. The molecule has 3 rings (SSSR count). The molecular weight excluding hydrogens is 308 g/mol. The monoisotopic (exact) mass is 330 g/mol. The van der Waals surface area contributed by atoms with Gasteiger partial charge in [0.05, 0.1) is 13.2 Å². The van der Waals surface area contributed by atoms with E-state index in [2.05, 4.69) is 10.2 Å². The first-order valence-electron chi connectivity index (χ1n) is 8.10. The second kappa shape index (κ2) is 7.55. The fourth-order valence-electron chi connectivity index (χ4n) is 2.94. The summed E-state index contributed by atoms with van der Waals surface area (Å²) in [6.45, 7) is 4.25. The van der Waals surface area contributed by atoms with E-state index in [0.717, 1.165) is 17.9 Å². The highest BCUT2D eigenvalue weighted by molar-refractivity contribution is 5.82. The van der Waals surface area contributed by atoms with Crippen LogP contribution >= 0.6 is 0 Å². The van der Waals surface area contributed by atoms with Gasteiger partial charge >= 0.3 is 0 Å². The molecule has 1 aliphatic heterocycles. The predicted molar refractivity (Wildman–Crippen MR) is 87.2 cm³/mol. The fourth-order valence-corrected chi connectivity index (χ4v) is 2.94. The van der Waals surface area contributed by atoms with Crippen LogP contribution in [0.25, 0.3) is 0 Å². The molecule has 0 unspecified atom stereocenters. The van der Waals surface area contributed by atoms with Crippen LogP contribution in [0.15, 0.2) is 36.7 Å². The summed E-state index contributed by atoms with van der Waals surface area (Å²) in [5.74, 6) is 0.697. The molecule has 0 N–H and O–H groups in total. The van der Waals surface area contributed by atoms with Gasteiger partial charge in [0.1, 0.15) is 12.4 Å². The molecule has 0 radical (unpaired) electrons. The standard InChI is InChI=1S/C17H22N4O3/c1-3-20-12-18-19-16(20)14-11-21(9-10-24-14)17(22)15(23-2)13-7-5-4-6-8-13/h4-8,12,14-15H,3,9-11H2,1-2H3/t14-,15+/m0/s1. The molecule has 24 heavy (non-hydrogen) atoms. The minimum absolute atomic E-state index is 0.0560. The van der Waals surface area contributed by atoms with Crippen LogP contribution in [-0.4, -0.2) is 52.4 Å². The van der Waals surface area contributed by atoms with E-state index in [1.165, 1.54) is 0 Å². The summed E-state index contributed by atoms with van der Waals surface area (Å²) in [6, 6.07) is 9.53. The van der Waals surface area contributed by atoms with E-state index in [-0.39, 0.29) is 12.0 Å². The first-order valence-corrected chi connectivity index (χ1v) is 8.10. The molecule has 2 heterocycles. The lowest BCUT2D eigenvalue weighted by molar-refractivity contribution is -0.150. The largest absolute Gasteiger partial charge is 0.367 e. The minimum atomic E-state index is -0.603. The van der Waals surface area contributed by atoms with E-state index >= 15 is 0 Å². The van der Waals surface area contributed by atoms with Crippen LogP contribution in [0.1, 0.15) is 30.5 Å². The third kappa shape index (κ3) is 3.32. The number of ether oxygens (including phenoxy) is 2. The van der Waals surface area contributed by atoms with E-state index in [9.17, 15) is 4.79 Å². The molecule has 0 saturated carbocycles. The number of methoxy groups -OCH3 is 1. The number of aryl methyl sites for hydroxylation is 1. The van der Waals surface area contributed by atoms with Gasteiger partial charge in [0.2, 0.25) is 0 Å². The number of aromatic nitrogens is 3. The molecule has 0 spiro atoms. The van der Waals surface area contributed by atoms with Crippen molar-refractivity contribution in [3.63, 3.8) is 0 Å². The summed E-state index contributed by atoms with van der Waals surface area (Å²) in [4.78, 5) is 14.7. The summed E-state index contributed by atoms with van der Waals surface area (Å²) in [7, 11) is 1.56. The van der Waals surface area contributed by atoms with Gasteiger partial charge in [-0.1, -0.05) is 30.3 Å². The molecule has 1 aromatic carbocycles. The van der Waals surface area contributed by atoms with Crippen LogP contribution in [0.4, 0.5) is 0 Å². The summed E-state index contributed by atoms with van der Waals surface area (Å²) >= 11 is 0. The number of carbonyl (C=O) groups is 1. The number of hydrogen-bond donors (Lipinski definition) is 0. The average molecular weight is 330 g/mol. The average Bonchev–Trinajstić information content (AvgIpc) is 3.12. The molecule has 1 aromatic heterocycles. The molecule has 0 aliphatic carbocycles. The Morgan fingerprint density at radius 3 is 2.92 bits per heavy atom. The third-order valence-corrected chi connectivity index (χ3v) is 4.21. The van der Waals surface area contributed by atoms with Crippen molar-refractivity contribution < 1.29 is 14.3 Å². The zero-order valence-corrected chi connectivity index (χ0v) is 14.0. The smallest absolute Gasteiger partial charge is 0.256 e. The number of rotatable bonds is 5. The van der Waals surface area contributed by atoms with E-state index in [4.69, 9.17) is 9.47 Å². The summed E-state index contributed by atoms with van der Waals surface area (Å²) in [5.41, 5.74) is 0.852. The first-order chi connectivity index (χ1) is 11.7. The molecular formula is C17H22N4O3. The highest BCUT2D eigenvalue weighted by Gasteiger charge is 2.32. The first kappa shape index (κ1) is 16.6. The highest BCUT2D eigenvalue weighted by atomic mass is 16.5. The van der Waals surface area contributed by atoms with Crippen molar-refractivity contribution in [3.8, 4) is 0 Å². The van der Waals surface area contributed by atoms with Gasteiger partial charge in [-0.05, 0) is 12.5 Å². The Kier molecular flexibility index (Phi) is 5.22. The predicted octanol–water partition coefficient (Wildman–Crippen LogP) is 1.59. The lowest BCUT2D eigenvalue weighted by Crippen LogP contribution is -2.45. The van der Waals surface area contributed by atoms with Crippen LogP contribution in [0, 0.1) is 0 Å². The fraction of sp³-hybridized carbons (Fsp3) is 0.471. The zero-order valence-electron chi connectivity index (χ0n) is 14.0. The molecule has 1 aliphatic rings. The van der Waals surface area contributed by atoms with Gasteiger partial charge in [-0.2, -0.15) is 0 Å². The Morgan fingerprint density at radius 2 is 2.21 bits per heavy atom. The highest BCUT2D eigenvalue weighted by Crippen LogP contribution is 2.25. The quantitative estimate of drug-likeness (QED) is 0.832. The van der Waals surface area contributed by atoms with E-state index < -0.39 is 6.10 Å². The van der Waals surface area contributed by atoms with Crippen molar-refractivity contribution in [2.75, 3.05) is 26.8 Å². The number of hydrogen-bond acceptors (Lipinski definition) is 5. The second-order valence-electron chi connectivity index (χ2n) is 5.65.